The lowest BCUT2D eigenvalue weighted by Crippen LogP contribution is -2.48. The molecule has 2 aliphatic heterocycles. The largest absolute Gasteiger partial charge is 0.315 e. The Labute approximate surface area is 140 Å². The Morgan fingerprint density at radius 2 is 2.30 bits per heavy atom. The summed E-state index contributed by atoms with van der Waals surface area (Å²) < 4.78 is 0. The van der Waals surface area contributed by atoms with Gasteiger partial charge in [0.2, 0.25) is 11.8 Å². The van der Waals surface area contributed by atoms with E-state index in [1.807, 2.05) is 13.0 Å². The molecule has 0 saturated carbocycles. The second-order valence-electron chi connectivity index (χ2n) is 7.77. The Hall–Kier alpha value is -1.50. The number of amides is 2. The van der Waals surface area contributed by atoms with Crippen molar-refractivity contribution in [3.8, 4) is 0 Å². The van der Waals surface area contributed by atoms with Crippen LogP contribution in [0.15, 0.2) is 6.07 Å². The molecule has 23 heavy (non-hydrogen) atoms. The van der Waals surface area contributed by atoms with Gasteiger partial charge in [0.15, 0.2) is 5.82 Å². The SMILES string of the molecule is CC(C)(C)Cc1cc(NC(=O)[C@H]2CS[C@]3(C)CCC(=O)N23)n[nH]1. The molecule has 0 aliphatic carbocycles. The van der Waals surface area contributed by atoms with Crippen LogP contribution < -0.4 is 5.32 Å². The topological polar surface area (TPSA) is 78.1 Å². The van der Waals surface area contributed by atoms with Crippen molar-refractivity contribution in [1.82, 2.24) is 15.1 Å². The third kappa shape index (κ3) is 3.24. The van der Waals surface area contributed by atoms with Crippen LogP contribution in [0.1, 0.15) is 46.2 Å². The molecular formula is C16H24N4O2S. The maximum atomic E-state index is 12.6. The Balaban J connectivity index is 1.67. The van der Waals surface area contributed by atoms with Gasteiger partial charge in [-0.25, -0.2) is 0 Å². The van der Waals surface area contributed by atoms with Crippen LogP contribution in [-0.2, 0) is 16.0 Å². The highest BCUT2D eigenvalue weighted by Crippen LogP contribution is 2.47. The third-order valence-corrected chi connectivity index (χ3v) is 5.86. The molecule has 6 nitrogen and oxygen atoms in total. The van der Waals surface area contributed by atoms with Crippen molar-refractivity contribution < 1.29 is 9.59 Å². The average molecular weight is 336 g/mol. The highest BCUT2D eigenvalue weighted by Gasteiger charge is 2.52. The number of hydrogen-bond donors (Lipinski definition) is 2. The highest BCUT2D eigenvalue weighted by atomic mass is 32.2. The van der Waals surface area contributed by atoms with Crippen molar-refractivity contribution in [2.45, 2.75) is 57.9 Å². The standard InChI is InChI=1S/C16H24N4O2S/c1-15(2,3)8-10-7-12(19-18-10)17-14(22)11-9-23-16(4)6-5-13(21)20(11)16/h7,11H,5-6,8-9H2,1-4H3,(H2,17,18,19,22)/t11-,16-/m1/s1. The number of rotatable bonds is 3. The minimum Gasteiger partial charge on any atom is -0.315 e. The molecule has 2 N–H and O–H groups in total. The highest BCUT2D eigenvalue weighted by molar-refractivity contribution is 8.01. The predicted molar refractivity (Wildman–Crippen MR) is 91.1 cm³/mol. The summed E-state index contributed by atoms with van der Waals surface area (Å²) in [6.45, 7) is 8.51. The number of carbonyl (C=O) groups is 2. The van der Waals surface area contributed by atoms with E-state index in [1.165, 1.54) is 0 Å². The summed E-state index contributed by atoms with van der Waals surface area (Å²) in [7, 11) is 0. The van der Waals surface area contributed by atoms with Crippen molar-refractivity contribution in [2.24, 2.45) is 5.41 Å². The molecule has 2 saturated heterocycles. The average Bonchev–Trinajstić information content (AvgIpc) is 3.05. The molecule has 2 atom stereocenters. The van der Waals surface area contributed by atoms with Crippen LogP contribution in [0.4, 0.5) is 5.82 Å². The Kier molecular flexibility index (Phi) is 3.94. The quantitative estimate of drug-likeness (QED) is 0.888. The first kappa shape index (κ1) is 16.4. The molecule has 0 unspecified atom stereocenters. The van der Waals surface area contributed by atoms with Crippen LogP contribution >= 0.6 is 11.8 Å². The van der Waals surface area contributed by atoms with E-state index in [0.29, 0.717) is 18.0 Å². The number of H-pyrrole nitrogens is 1. The minimum atomic E-state index is -0.400. The molecule has 2 aliphatic rings. The summed E-state index contributed by atoms with van der Waals surface area (Å²) >= 11 is 1.70. The first-order chi connectivity index (χ1) is 10.7. The fourth-order valence-electron chi connectivity index (χ4n) is 3.31. The Morgan fingerprint density at radius 3 is 3.00 bits per heavy atom. The molecule has 7 heteroatoms. The van der Waals surface area contributed by atoms with Gasteiger partial charge >= 0.3 is 0 Å². The van der Waals surface area contributed by atoms with Crippen molar-refractivity contribution in [1.29, 1.82) is 0 Å². The smallest absolute Gasteiger partial charge is 0.249 e. The fraction of sp³-hybridized carbons (Fsp3) is 0.688. The van der Waals surface area contributed by atoms with Gasteiger partial charge in [-0.3, -0.25) is 14.7 Å². The molecule has 1 aromatic rings. The lowest BCUT2D eigenvalue weighted by molar-refractivity contribution is -0.135. The summed E-state index contributed by atoms with van der Waals surface area (Å²) in [5.41, 5.74) is 1.15. The second-order valence-corrected chi connectivity index (χ2v) is 9.27. The first-order valence-electron chi connectivity index (χ1n) is 7.99. The number of anilines is 1. The van der Waals surface area contributed by atoms with Crippen LogP contribution in [0.2, 0.25) is 0 Å². The maximum absolute atomic E-state index is 12.6. The number of thioether (sulfide) groups is 1. The minimum absolute atomic E-state index is 0.0769. The van der Waals surface area contributed by atoms with E-state index in [2.05, 4.69) is 36.3 Å². The van der Waals surface area contributed by atoms with E-state index in [1.54, 1.807) is 16.7 Å². The zero-order chi connectivity index (χ0) is 16.8. The molecule has 0 aromatic carbocycles. The summed E-state index contributed by atoms with van der Waals surface area (Å²) in [6.07, 6.45) is 2.21. The van der Waals surface area contributed by atoms with Crippen molar-refractivity contribution >= 4 is 29.4 Å². The summed E-state index contributed by atoms with van der Waals surface area (Å²) in [4.78, 5) is 26.2. The number of carbonyl (C=O) groups excluding carboxylic acids is 2. The maximum Gasteiger partial charge on any atom is 0.249 e. The molecular weight excluding hydrogens is 312 g/mol. The summed E-state index contributed by atoms with van der Waals surface area (Å²) in [5.74, 6) is 1.10. The normalized spacial score (nSPS) is 27.4. The van der Waals surface area contributed by atoms with Gasteiger partial charge in [0.25, 0.3) is 0 Å². The monoisotopic (exact) mass is 336 g/mol. The summed E-state index contributed by atoms with van der Waals surface area (Å²) in [6, 6.07) is 1.47. The van der Waals surface area contributed by atoms with E-state index in [-0.39, 0.29) is 22.1 Å². The molecule has 126 valence electrons. The molecule has 3 heterocycles. The van der Waals surface area contributed by atoms with E-state index in [9.17, 15) is 9.59 Å². The van der Waals surface area contributed by atoms with Crippen LogP contribution in [0, 0.1) is 5.41 Å². The zero-order valence-corrected chi connectivity index (χ0v) is 14.9. The zero-order valence-electron chi connectivity index (χ0n) is 14.1. The number of fused-ring (bicyclic) bond motifs is 1. The van der Waals surface area contributed by atoms with Crippen LogP contribution in [0.3, 0.4) is 0 Å². The van der Waals surface area contributed by atoms with E-state index >= 15 is 0 Å². The predicted octanol–water partition coefficient (Wildman–Crippen LogP) is 2.39. The molecule has 0 bridgehead atoms. The molecule has 3 rings (SSSR count). The third-order valence-electron chi connectivity index (χ3n) is 4.35. The number of aromatic nitrogens is 2. The second kappa shape index (κ2) is 5.54. The van der Waals surface area contributed by atoms with Crippen LogP contribution in [0.25, 0.3) is 0 Å². The van der Waals surface area contributed by atoms with Gasteiger partial charge in [-0.05, 0) is 25.2 Å². The summed E-state index contributed by atoms with van der Waals surface area (Å²) in [5, 5.41) is 9.99. The van der Waals surface area contributed by atoms with Crippen LogP contribution in [-0.4, -0.2) is 43.6 Å². The van der Waals surface area contributed by atoms with Gasteiger partial charge in [0.05, 0.1) is 4.87 Å². The lowest BCUT2D eigenvalue weighted by Gasteiger charge is -2.29. The van der Waals surface area contributed by atoms with Crippen molar-refractivity contribution in [2.75, 3.05) is 11.1 Å². The van der Waals surface area contributed by atoms with Gasteiger partial charge in [-0.2, -0.15) is 5.10 Å². The van der Waals surface area contributed by atoms with E-state index < -0.39 is 6.04 Å². The number of hydrogen-bond acceptors (Lipinski definition) is 4. The molecule has 1 aromatic heterocycles. The van der Waals surface area contributed by atoms with Gasteiger partial charge in [-0.1, -0.05) is 20.8 Å². The number of aromatic amines is 1. The molecule has 0 spiro atoms. The Bertz CT molecular complexity index is 636. The van der Waals surface area contributed by atoms with Gasteiger partial charge in [0, 0.05) is 23.9 Å². The number of nitrogens with zero attached hydrogens (tertiary/aromatic N) is 2. The lowest BCUT2D eigenvalue weighted by atomic mass is 9.91. The first-order valence-corrected chi connectivity index (χ1v) is 8.98. The van der Waals surface area contributed by atoms with Crippen molar-refractivity contribution in [3.05, 3.63) is 11.8 Å². The van der Waals surface area contributed by atoms with E-state index in [4.69, 9.17) is 0 Å². The van der Waals surface area contributed by atoms with E-state index in [0.717, 1.165) is 18.5 Å². The van der Waals surface area contributed by atoms with Crippen LogP contribution in [0.5, 0.6) is 0 Å². The molecule has 2 amide bonds. The number of nitrogens with one attached hydrogen (secondary N) is 2. The van der Waals surface area contributed by atoms with Gasteiger partial charge in [-0.15, -0.1) is 11.8 Å². The van der Waals surface area contributed by atoms with Crippen molar-refractivity contribution in [3.63, 3.8) is 0 Å². The molecule has 2 fully saturated rings. The van der Waals surface area contributed by atoms with Gasteiger partial charge in [0.1, 0.15) is 6.04 Å². The molecule has 0 radical (unpaired) electrons. The van der Waals surface area contributed by atoms with Gasteiger partial charge < -0.3 is 10.2 Å². The fourth-order valence-corrected chi connectivity index (χ4v) is 4.74. The Morgan fingerprint density at radius 1 is 1.57 bits per heavy atom.